The minimum atomic E-state index is -0.201. The molecule has 2 aromatic rings. The van der Waals surface area contributed by atoms with Crippen molar-refractivity contribution in [1.29, 1.82) is 0 Å². The van der Waals surface area contributed by atoms with Crippen LogP contribution in [0.25, 0.3) is 0 Å². The lowest BCUT2D eigenvalue weighted by Gasteiger charge is -2.47. The minimum absolute atomic E-state index is 0. The van der Waals surface area contributed by atoms with Crippen LogP contribution in [0.3, 0.4) is 0 Å². The van der Waals surface area contributed by atoms with Crippen LogP contribution in [0.4, 0.5) is 5.69 Å². The number of hydrogen-bond acceptors (Lipinski definition) is 4. The number of rotatable bonds is 5. The molecule has 6 heteroatoms. The summed E-state index contributed by atoms with van der Waals surface area (Å²) < 4.78 is 5.43. The first-order valence-corrected chi connectivity index (χ1v) is 11.4. The summed E-state index contributed by atoms with van der Waals surface area (Å²) >= 11 is 0. The van der Waals surface area contributed by atoms with Crippen LogP contribution in [0.2, 0.25) is 0 Å². The van der Waals surface area contributed by atoms with E-state index in [0.29, 0.717) is 12.5 Å². The Morgan fingerprint density at radius 2 is 1.69 bits per heavy atom. The topological polar surface area (TPSA) is 36.0 Å². The quantitative estimate of drug-likeness (QED) is 0.659. The summed E-state index contributed by atoms with van der Waals surface area (Å²) in [5.41, 5.74) is 3.40. The van der Waals surface area contributed by atoms with Gasteiger partial charge in [-0.05, 0) is 55.5 Å². The smallest absolute Gasteiger partial charge is 0.241 e. The molecule has 1 fully saturated rings. The van der Waals surface area contributed by atoms with Crippen LogP contribution >= 0.6 is 12.4 Å². The van der Waals surface area contributed by atoms with Gasteiger partial charge < -0.3 is 9.64 Å². The fraction of sp³-hybridized carbons (Fsp3) is 0.500. The Balaban J connectivity index is 0.00000289. The molecule has 2 aliphatic rings. The first-order valence-electron chi connectivity index (χ1n) is 11.4. The Bertz CT molecular complexity index is 911. The van der Waals surface area contributed by atoms with Crippen molar-refractivity contribution >= 4 is 24.0 Å². The highest BCUT2D eigenvalue weighted by Gasteiger charge is 2.40. The van der Waals surface area contributed by atoms with Gasteiger partial charge in [-0.1, -0.05) is 37.3 Å². The molecule has 1 unspecified atom stereocenters. The van der Waals surface area contributed by atoms with E-state index in [9.17, 15) is 4.79 Å². The molecule has 0 radical (unpaired) electrons. The monoisotopic (exact) mass is 457 g/mol. The number of ether oxygens (including phenoxy) is 1. The fourth-order valence-corrected chi connectivity index (χ4v) is 5.22. The second-order valence-electron chi connectivity index (χ2n) is 9.61. The van der Waals surface area contributed by atoms with E-state index in [4.69, 9.17) is 4.74 Å². The third-order valence-electron chi connectivity index (χ3n) is 6.74. The van der Waals surface area contributed by atoms with Crippen LogP contribution in [-0.2, 0) is 11.3 Å². The first kappa shape index (κ1) is 24.6. The summed E-state index contributed by atoms with van der Waals surface area (Å²) in [6.45, 7) is 11.9. The molecule has 2 heterocycles. The van der Waals surface area contributed by atoms with E-state index in [1.807, 2.05) is 11.0 Å². The van der Waals surface area contributed by atoms with Gasteiger partial charge in [-0.15, -0.1) is 12.4 Å². The minimum Gasteiger partial charge on any atom is -0.497 e. The number of methoxy groups -OCH3 is 1. The Kier molecular flexibility index (Phi) is 7.86. The number of nitrogens with zero attached hydrogens (tertiary/aromatic N) is 3. The van der Waals surface area contributed by atoms with Crippen molar-refractivity contribution in [3.8, 4) is 5.75 Å². The normalized spacial score (nSPS) is 20.9. The third kappa shape index (κ3) is 5.28. The van der Waals surface area contributed by atoms with Crippen molar-refractivity contribution in [1.82, 2.24) is 9.80 Å². The summed E-state index contributed by atoms with van der Waals surface area (Å²) in [4.78, 5) is 20.3. The van der Waals surface area contributed by atoms with Crippen LogP contribution in [-0.4, -0.2) is 61.1 Å². The second kappa shape index (κ2) is 10.2. The van der Waals surface area contributed by atoms with Crippen molar-refractivity contribution < 1.29 is 9.53 Å². The molecule has 174 valence electrons. The Labute approximate surface area is 198 Å². The van der Waals surface area contributed by atoms with Crippen LogP contribution in [0.5, 0.6) is 5.75 Å². The summed E-state index contributed by atoms with van der Waals surface area (Å²) in [6.07, 6.45) is 0.948. The van der Waals surface area contributed by atoms with Gasteiger partial charge in [0.15, 0.2) is 0 Å². The van der Waals surface area contributed by atoms with Gasteiger partial charge in [-0.2, -0.15) is 0 Å². The van der Waals surface area contributed by atoms with E-state index in [2.05, 4.69) is 73.0 Å². The number of anilines is 1. The van der Waals surface area contributed by atoms with Gasteiger partial charge in [0.1, 0.15) is 5.75 Å². The number of fused-ring (bicyclic) bond motifs is 1. The maximum absolute atomic E-state index is 13.5. The molecule has 0 spiro atoms. The number of carbonyl (C=O) groups is 1. The number of piperazine rings is 1. The largest absolute Gasteiger partial charge is 0.497 e. The van der Waals surface area contributed by atoms with Gasteiger partial charge in [0, 0.05) is 44.0 Å². The molecular formula is C26H36ClN3O2. The molecule has 0 aliphatic carbocycles. The molecule has 1 atom stereocenters. The molecule has 1 amide bonds. The van der Waals surface area contributed by atoms with E-state index < -0.39 is 0 Å². The number of halogens is 1. The predicted molar refractivity (Wildman–Crippen MR) is 133 cm³/mol. The van der Waals surface area contributed by atoms with Crippen LogP contribution in [0, 0.1) is 0 Å². The zero-order valence-electron chi connectivity index (χ0n) is 19.7. The van der Waals surface area contributed by atoms with Crippen molar-refractivity contribution in [2.24, 2.45) is 0 Å². The molecule has 0 bridgehead atoms. The van der Waals surface area contributed by atoms with Crippen molar-refractivity contribution in [2.75, 3.05) is 44.7 Å². The van der Waals surface area contributed by atoms with Crippen LogP contribution in [0.15, 0.2) is 48.5 Å². The standard InChI is InChI=1S/C26H35N3O2.ClH/c1-20-17-26(2,3)29(24-11-10-22(31-4)16-23(20)24)25(30)19-28-14-12-27(13-15-28)18-21-8-6-5-7-9-21;/h5-11,16,20H,12-15,17-19H2,1-4H3;1H. The molecule has 0 N–H and O–H groups in total. The van der Waals surface area contributed by atoms with Gasteiger partial charge in [0.05, 0.1) is 13.7 Å². The Morgan fingerprint density at radius 1 is 1.03 bits per heavy atom. The van der Waals surface area contributed by atoms with E-state index >= 15 is 0 Å². The van der Waals surface area contributed by atoms with Gasteiger partial charge in [0.2, 0.25) is 5.91 Å². The average molecular weight is 458 g/mol. The SMILES string of the molecule is COc1ccc2c(c1)C(C)CC(C)(C)N2C(=O)CN1CCN(Cc2ccccc2)CC1.Cl. The summed E-state index contributed by atoms with van der Waals surface area (Å²) in [5.74, 6) is 1.44. The van der Waals surface area contributed by atoms with Crippen molar-refractivity contribution in [2.45, 2.75) is 45.2 Å². The number of carbonyl (C=O) groups excluding carboxylic acids is 1. The lowest BCUT2D eigenvalue weighted by Crippen LogP contribution is -2.56. The Hall–Kier alpha value is -2.08. The van der Waals surface area contributed by atoms with Gasteiger partial charge in [-0.25, -0.2) is 0 Å². The van der Waals surface area contributed by atoms with Crippen LogP contribution in [0.1, 0.15) is 44.2 Å². The number of benzene rings is 2. The average Bonchev–Trinajstić information content (AvgIpc) is 2.75. The van der Waals surface area contributed by atoms with Gasteiger partial charge >= 0.3 is 0 Å². The highest BCUT2D eigenvalue weighted by atomic mass is 35.5. The highest BCUT2D eigenvalue weighted by Crippen LogP contribution is 2.44. The molecule has 0 aromatic heterocycles. The lowest BCUT2D eigenvalue weighted by atomic mass is 9.80. The molecule has 4 rings (SSSR count). The zero-order valence-corrected chi connectivity index (χ0v) is 20.5. The fourth-order valence-electron chi connectivity index (χ4n) is 5.22. The summed E-state index contributed by atoms with van der Waals surface area (Å²) in [5, 5.41) is 0. The lowest BCUT2D eigenvalue weighted by molar-refractivity contribution is -0.121. The molecule has 1 saturated heterocycles. The number of amides is 1. The highest BCUT2D eigenvalue weighted by molar-refractivity contribution is 5.97. The van der Waals surface area contributed by atoms with Gasteiger partial charge in [-0.3, -0.25) is 14.6 Å². The Morgan fingerprint density at radius 3 is 2.34 bits per heavy atom. The zero-order chi connectivity index (χ0) is 22.0. The molecule has 32 heavy (non-hydrogen) atoms. The summed E-state index contributed by atoms with van der Waals surface area (Å²) in [7, 11) is 1.69. The third-order valence-corrected chi connectivity index (χ3v) is 6.74. The van der Waals surface area contributed by atoms with E-state index in [1.165, 1.54) is 11.1 Å². The van der Waals surface area contributed by atoms with Gasteiger partial charge in [0.25, 0.3) is 0 Å². The van der Waals surface area contributed by atoms with E-state index in [1.54, 1.807) is 7.11 Å². The second-order valence-corrected chi connectivity index (χ2v) is 9.61. The van der Waals surface area contributed by atoms with Crippen molar-refractivity contribution in [3.05, 3.63) is 59.7 Å². The predicted octanol–water partition coefficient (Wildman–Crippen LogP) is 4.55. The molecule has 5 nitrogen and oxygen atoms in total. The van der Waals surface area contributed by atoms with Crippen molar-refractivity contribution in [3.63, 3.8) is 0 Å². The van der Waals surface area contributed by atoms with Crippen LogP contribution < -0.4 is 9.64 Å². The number of hydrogen-bond donors (Lipinski definition) is 0. The van der Waals surface area contributed by atoms with E-state index in [-0.39, 0.29) is 23.9 Å². The first-order chi connectivity index (χ1) is 14.9. The summed E-state index contributed by atoms with van der Waals surface area (Å²) in [6, 6.07) is 16.7. The molecule has 0 saturated carbocycles. The molecule has 2 aromatic carbocycles. The van der Waals surface area contributed by atoms with E-state index in [0.717, 1.165) is 50.6 Å². The maximum atomic E-state index is 13.5. The molecular weight excluding hydrogens is 422 g/mol. The maximum Gasteiger partial charge on any atom is 0.241 e. The molecule has 2 aliphatic heterocycles.